The molecule has 0 radical (unpaired) electrons. The molecule has 1 atom stereocenters. The Morgan fingerprint density at radius 3 is 2.56 bits per heavy atom. The van der Waals surface area contributed by atoms with Crippen LogP contribution in [0.2, 0.25) is 0 Å². The SMILES string of the molecule is C=CN=C(C)c1[nH]c(=C)/c(=C(\N=C(C)C)N2CC(N)C3(CC3)C2)c1C. The molecule has 25 heavy (non-hydrogen) atoms. The van der Waals surface area contributed by atoms with Crippen molar-refractivity contribution in [2.45, 2.75) is 46.6 Å². The molecule has 1 saturated carbocycles. The van der Waals surface area contributed by atoms with Gasteiger partial charge >= 0.3 is 0 Å². The second-order valence-corrected chi connectivity index (χ2v) is 7.61. The van der Waals surface area contributed by atoms with Crippen LogP contribution in [-0.2, 0) is 0 Å². The summed E-state index contributed by atoms with van der Waals surface area (Å²) in [6, 6.07) is 0.228. The molecule has 1 spiro atoms. The van der Waals surface area contributed by atoms with Gasteiger partial charge in [0.15, 0.2) is 0 Å². The molecule has 1 aliphatic heterocycles. The minimum absolute atomic E-state index is 0.228. The first-order chi connectivity index (χ1) is 11.8. The predicted octanol–water partition coefficient (Wildman–Crippen LogP) is 1.66. The van der Waals surface area contributed by atoms with Crippen molar-refractivity contribution in [1.29, 1.82) is 0 Å². The summed E-state index contributed by atoms with van der Waals surface area (Å²) in [6.07, 6.45) is 4.02. The molecule has 3 rings (SSSR count). The van der Waals surface area contributed by atoms with Crippen LogP contribution in [0.15, 0.2) is 22.8 Å². The predicted molar refractivity (Wildman–Crippen MR) is 106 cm³/mol. The van der Waals surface area contributed by atoms with Crippen LogP contribution in [0.5, 0.6) is 0 Å². The van der Waals surface area contributed by atoms with Crippen LogP contribution in [0.4, 0.5) is 0 Å². The second-order valence-electron chi connectivity index (χ2n) is 7.61. The van der Waals surface area contributed by atoms with Gasteiger partial charge in [-0.25, -0.2) is 4.99 Å². The largest absolute Gasteiger partial charge is 0.354 e. The fourth-order valence-corrected chi connectivity index (χ4v) is 3.86. The van der Waals surface area contributed by atoms with Crippen molar-refractivity contribution in [2.75, 3.05) is 13.1 Å². The van der Waals surface area contributed by atoms with Gasteiger partial charge in [0.05, 0.1) is 11.4 Å². The highest BCUT2D eigenvalue weighted by Crippen LogP contribution is 2.52. The lowest BCUT2D eigenvalue weighted by molar-refractivity contribution is 0.439. The standard InChI is InChI=1S/C20H29N5/c1-7-22-15(6)18-13(4)17(14(5)24-18)19(23-12(2)3)25-10-16(21)20(11-25)8-9-20/h7,16,24H,1,5,8-11,21H2,2-4,6H3/b19-17+,22-15?. The monoisotopic (exact) mass is 339 g/mol. The van der Waals surface area contributed by atoms with Crippen molar-refractivity contribution in [2.24, 2.45) is 21.1 Å². The van der Waals surface area contributed by atoms with Gasteiger partial charge in [0.25, 0.3) is 0 Å². The quantitative estimate of drug-likeness (QED) is 0.819. The summed E-state index contributed by atoms with van der Waals surface area (Å²) < 4.78 is 0. The van der Waals surface area contributed by atoms with Crippen molar-refractivity contribution >= 4 is 23.8 Å². The molecule has 134 valence electrons. The van der Waals surface area contributed by atoms with E-state index >= 15 is 0 Å². The number of nitrogens with zero attached hydrogens (tertiary/aromatic N) is 3. The van der Waals surface area contributed by atoms with E-state index in [4.69, 9.17) is 10.7 Å². The summed E-state index contributed by atoms with van der Waals surface area (Å²) in [5.41, 5.74) is 10.8. The molecule has 0 amide bonds. The summed E-state index contributed by atoms with van der Waals surface area (Å²) in [7, 11) is 0. The van der Waals surface area contributed by atoms with Gasteiger partial charge in [-0.15, -0.1) is 0 Å². The Morgan fingerprint density at radius 1 is 1.36 bits per heavy atom. The number of nitrogens with one attached hydrogen (secondary N) is 1. The maximum Gasteiger partial charge on any atom is 0.138 e. The van der Waals surface area contributed by atoms with E-state index in [1.54, 1.807) is 6.20 Å². The lowest BCUT2D eigenvalue weighted by Gasteiger charge is -2.19. The van der Waals surface area contributed by atoms with Crippen molar-refractivity contribution in [1.82, 2.24) is 9.88 Å². The summed E-state index contributed by atoms with van der Waals surface area (Å²) >= 11 is 0. The van der Waals surface area contributed by atoms with E-state index in [1.807, 2.05) is 20.8 Å². The van der Waals surface area contributed by atoms with Crippen LogP contribution in [0.3, 0.4) is 0 Å². The zero-order valence-electron chi connectivity index (χ0n) is 15.8. The van der Waals surface area contributed by atoms with E-state index in [0.717, 1.165) is 52.2 Å². The normalized spacial score (nSPS) is 23.0. The van der Waals surface area contributed by atoms with Gasteiger partial charge in [-0.2, -0.15) is 0 Å². The summed E-state index contributed by atoms with van der Waals surface area (Å²) in [5.74, 6) is 0.982. The Hall–Kier alpha value is -2.14. The Labute approximate surface area is 149 Å². The fourth-order valence-electron chi connectivity index (χ4n) is 3.86. The summed E-state index contributed by atoms with van der Waals surface area (Å²) in [6.45, 7) is 17.9. The van der Waals surface area contributed by atoms with Crippen LogP contribution in [0.1, 0.15) is 44.9 Å². The number of aromatic nitrogens is 1. The van der Waals surface area contributed by atoms with E-state index in [-0.39, 0.29) is 6.04 Å². The Balaban J connectivity index is 2.19. The Bertz CT molecular complexity index is 863. The maximum absolute atomic E-state index is 6.42. The Morgan fingerprint density at radius 2 is 2.04 bits per heavy atom. The van der Waals surface area contributed by atoms with E-state index in [2.05, 4.69) is 35.0 Å². The molecular formula is C20H29N5. The average Bonchev–Trinajstić information content (AvgIpc) is 3.15. The number of H-pyrrole nitrogens is 1. The number of nitrogens with two attached hydrogens (primary N) is 1. The molecule has 1 unspecified atom stereocenters. The zero-order chi connectivity index (χ0) is 18.4. The molecule has 2 heterocycles. The molecule has 5 heteroatoms. The minimum atomic E-state index is 0.228. The van der Waals surface area contributed by atoms with Gasteiger partial charge in [-0.05, 0) is 46.1 Å². The molecule has 1 aromatic rings. The number of rotatable bonds is 4. The van der Waals surface area contributed by atoms with Crippen molar-refractivity contribution < 1.29 is 0 Å². The first-order valence-electron chi connectivity index (χ1n) is 8.89. The van der Waals surface area contributed by atoms with Gasteiger partial charge in [0.1, 0.15) is 5.82 Å². The first kappa shape index (κ1) is 17.7. The zero-order valence-corrected chi connectivity index (χ0v) is 15.8. The molecule has 2 aliphatic rings. The van der Waals surface area contributed by atoms with Crippen LogP contribution in [0.25, 0.3) is 12.4 Å². The number of hydrogen-bond acceptors (Lipinski definition) is 4. The van der Waals surface area contributed by atoms with Gasteiger partial charge < -0.3 is 15.6 Å². The number of hydrogen-bond donors (Lipinski definition) is 2. The van der Waals surface area contributed by atoms with E-state index in [0.29, 0.717) is 5.41 Å². The third-order valence-corrected chi connectivity index (χ3v) is 5.43. The van der Waals surface area contributed by atoms with Crippen LogP contribution in [0, 0.1) is 12.3 Å². The first-order valence-corrected chi connectivity index (χ1v) is 8.89. The highest BCUT2D eigenvalue weighted by molar-refractivity contribution is 5.99. The highest BCUT2D eigenvalue weighted by atomic mass is 15.3. The smallest absolute Gasteiger partial charge is 0.138 e. The van der Waals surface area contributed by atoms with E-state index < -0.39 is 0 Å². The maximum atomic E-state index is 6.42. The molecule has 3 N–H and O–H groups in total. The molecule has 2 fully saturated rings. The summed E-state index contributed by atoms with van der Waals surface area (Å²) in [4.78, 5) is 14.9. The van der Waals surface area contributed by atoms with Crippen molar-refractivity contribution in [3.8, 4) is 0 Å². The number of aliphatic imine (C=N–C) groups is 2. The number of aromatic amines is 1. The van der Waals surface area contributed by atoms with E-state index in [1.165, 1.54) is 12.8 Å². The van der Waals surface area contributed by atoms with Crippen LogP contribution < -0.4 is 16.3 Å². The van der Waals surface area contributed by atoms with Gasteiger partial charge in [0.2, 0.25) is 0 Å². The minimum Gasteiger partial charge on any atom is -0.354 e. The third-order valence-electron chi connectivity index (χ3n) is 5.43. The van der Waals surface area contributed by atoms with Crippen molar-refractivity contribution in [3.05, 3.63) is 34.6 Å². The molecule has 0 aromatic carbocycles. The molecule has 1 aromatic heterocycles. The Kier molecular flexibility index (Phi) is 4.45. The van der Waals surface area contributed by atoms with Gasteiger partial charge in [-0.1, -0.05) is 13.2 Å². The van der Waals surface area contributed by atoms with E-state index in [9.17, 15) is 0 Å². The lowest BCUT2D eigenvalue weighted by atomic mass is 10.0. The summed E-state index contributed by atoms with van der Waals surface area (Å²) in [5, 5.41) is 1.94. The third kappa shape index (κ3) is 3.09. The second kappa shape index (κ2) is 6.30. The fraction of sp³-hybridized carbons (Fsp3) is 0.500. The lowest BCUT2D eigenvalue weighted by Crippen LogP contribution is -2.34. The average molecular weight is 339 g/mol. The van der Waals surface area contributed by atoms with Crippen molar-refractivity contribution in [3.63, 3.8) is 0 Å². The van der Waals surface area contributed by atoms with Crippen LogP contribution >= 0.6 is 0 Å². The molecule has 0 bridgehead atoms. The molecule has 5 nitrogen and oxygen atoms in total. The molecular weight excluding hydrogens is 310 g/mol. The van der Waals surface area contributed by atoms with Gasteiger partial charge in [-0.3, -0.25) is 4.99 Å². The number of likely N-dealkylation sites (tertiary alicyclic amines) is 1. The van der Waals surface area contributed by atoms with Crippen LogP contribution in [-0.4, -0.2) is 40.4 Å². The topological polar surface area (TPSA) is 69.8 Å². The highest BCUT2D eigenvalue weighted by Gasteiger charge is 2.54. The van der Waals surface area contributed by atoms with Gasteiger partial charge in [0, 0.05) is 47.0 Å². The molecule has 1 saturated heterocycles. The molecule has 1 aliphatic carbocycles.